The Morgan fingerprint density at radius 3 is 2.09 bits per heavy atom. The van der Waals surface area contributed by atoms with Gasteiger partial charge in [-0.2, -0.15) is 0 Å². The molecule has 0 aliphatic heterocycles. The van der Waals surface area contributed by atoms with Gasteiger partial charge in [0, 0.05) is 17.1 Å². The molecule has 0 spiro atoms. The number of carbonyl (C=O) groups excluding carboxylic acids is 1. The van der Waals surface area contributed by atoms with Gasteiger partial charge in [0.25, 0.3) is 0 Å². The second-order valence-corrected chi connectivity index (χ2v) is 8.16. The lowest BCUT2D eigenvalue weighted by molar-refractivity contribution is -0.113. The van der Waals surface area contributed by atoms with Gasteiger partial charge in [0.05, 0.1) is 26.5 Å². The van der Waals surface area contributed by atoms with Crippen LogP contribution in [0.1, 0.15) is 5.82 Å². The Morgan fingerprint density at radius 2 is 1.47 bits per heavy atom. The number of aromatic nitrogens is 3. The Hall–Kier alpha value is -3.98. The lowest BCUT2D eigenvalue weighted by Crippen LogP contribution is -2.15. The predicted molar refractivity (Wildman–Crippen MR) is 134 cm³/mol. The van der Waals surface area contributed by atoms with E-state index in [0.29, 0.717) is 17.4 Å². The monoisotopic (exact) mass is 475 g/mol. The molecule has 1 aromatic heterocycles. The van der Waals surface area contributed by atoms with Crippen LogP contribution in [0.3, 0.4) is 0 Å². The SMILES string of the molecule is COc1ccc(NCc2nnc(SCC(=O)Nc3ccc(OC)cc3)n2-c2ccccc2)cc1. The summed E-state index contributed by atoms with van der Waals surface area (Å²) in [5.41, 5.74) is 2.58. The van der Waals surface area contributed by atoms with Gasteiger partial charge in [-0.1, -0.05) is 30.0 Å². The normalized spacial score (nSPS) is 10.5. The van der Waals surface area contributed by atoms with E-state index >= 15 is 0 Å². The third-order valence-electron chi connectivity index (χ3n) is 4.96. The molecular weight excluding hydrogens is 450 g/mol. The number of para-hydroxylation sites is 1. The fourth-order valence-electron chi connectivity index (χ4n) is 3.24. The molecule has 0 radical (unpaired) electrons. The number of nitrogens with one attached hydrogen (secondary N) is 2. The number of anilines is 2. The lowest BCUT2D eigenvalue weighted by Gasteiger charge is -2.12. The molecule has 174 valence electrons. The number of hydrogen-bond acceptors (Lipinski definition) is 7. The van der Waals surface area contributed by atoms with E-state index < -0.39 is 0 Å². The van der Waals surface area contributed by atoms with Crippen molar-refractivity contribution in [3.05, 3.63) is 84.7 Å². The third-order valence-corrected chi connectivity index (χ3v) is 5.89. The molecule has 8 nitrogen and oxygen atoms in total. The zero-order chi connectivity index (χ0) is 23.8. The zero-order valence-electron chi connectivity index (χ0n) is 18.9. The average Bonchev–Trinajstić information content (AvgIpc) is 3.30. The smallest absolute Gasteiger partial charge is 0.234 e. The molecule has 0 saturated heterocycles. The second-order valence-electron chi connectivity index (χ2n) is 7.22. The van der Waals surface area contributed by atoms with Gasteiger partial charge in [-0.25, -0.2) is 0 Å². The summed E-state index contributed by atoms with van der Waals surface area (Å²) in [6, 6.07) is 24.7. The summed E-state index contributed by atoms with van der Waals surface area (Å²) in [7, 11) is 3.25. The van der Waals surface area contributed by atoms with Crippen molar-refractivity contribution < 1.29 is 14.3 Å². The van der Waals surface area contributed by atoms with Gasteiger partial charge in [-0.15, -0.1) is 10.2 Å². The van der Waals surface area contributed by atoms with Gasteiger partial charge in [-0.3, -0.25) is 9.36 Å². The Kier molecular flexibility index (Phi) is 7.67. The molecule has 1 heterocycles. The Morgan fingerprint density at radius 1 is 0.853 bits per heavy atom. The molecule has 4 rings (SSSR count). The molecule has 1 amide bonds. The van der Waals surface area contributed by atoms with Crippen LogP contribution in [-0.2, 0) is 11.3 Å². The van der Waals surface area contributed by atoms with Crippen LogP contribution in [0.5, 0.6) is 11.5 Å². The van der Waals surface area contributed by atoms with Crippen molar-refractivity contribution in [1.29, 1.82) is 0 Å². The van der Waals surface area contributed by atoms with Gasteiger partial charge >= 0.3 is 0 Å². The topological polar surface area (TPSA) is 90.3 Å². The minimum absolute atomic E-state index is 0.129. The molecule has 0 bridgehead atoms. The first-order valence-electron chi connectivity index (χ1n) is 10.6. The second kappa shape index (κ2) is 11.2. The Balaban J connectivity index is 1.45. The van der Waals surface area contributed by atoms with Crippen LogP contribution >= 0.6 is 11.8 Å². The highest BCUT2D eigenvalue weighted by Gasteiger charge is 2.16. The molecule has 2 N–H and O–H groups in total. The molecule has 0 saturated carbocycles. The molecule has 0 atom stereocenters. The van der Waals surface area contributed by atoms with Crippen molar-refractivity contribution >= 4 is 29.0 Å². The first-order chi connectivity index (χ1) is 16.7. The molecule has 34 heavy (non-hydrogen) atoms. The van der Waals surface area contributed by atoms with Crippen LogP contribution in [0.25, 0.3) is 5.69 Å². The summed E-state index contributed by atoms with van der Waals surface area (Å²) in [5, 5.41) is 15.6. The zero-order valence-corrected chi connectivity index (χ0v) is 19.7. The van der Waals surface area contributed by atoms with Crippen LogP contribution in [0.15, 0.2) is 84.0 Å². The quantitative estimate of drug-likeness (QED) is 0.323. The summed E-state index contributed by atoms with van der Waals surface area (Å²) < 4.78 is 12.3. The van der Waals surface area contributed by atoms with Crippen molar-refractivity contribution in [2.45, 2.75) is 11.7 Å². The molecular formula is C25H25N5O3S. The van der Waals surface area contributed by atoms with Crippen LogP contribution < -0.4 is 20.1 Å². The van der Waals surface area contributed by atoms with Crippen molar-refractivity contribution in [3.8, 4) is 17.2 Å². The van der Waals surface area contributed by atoms with E-state index in [4.69, 9.17) is 9.47 Å². The van der Waals surface area contributed by atoms with Gasteiger partial charge in [0.15, 0.2) is 11.0 Å². The van der Waals surface area contributed by atoms with Crippen molar-refractivity contribution in [3.63, 3.8) is 0 Å². The summed E-state index contributed by atoms with van der Waals surface area (Å²) in [4.78, 5) is 12.5. The van der Waals surface area contributed by atoms with E-state index in [9.17, 15) is 4.79 Å². The number of thioether (sulfide) groups is 1. The number of ether oxygens (including phenoxy) is 2. The van der Waals surface area contributed by atoms with E-state index in [2.05, 4.69) is 20.8 Å². The molecule has 4 aromatic rings. The van der Waals surface area contributed by atoms with E-state index in [1.165, 1.54) is 11.8 Å². The highest BCUT2D eigenvalue weighted by Crippen LogP contribution is 2.24. The standard InChI is InChI=1S/C25H25N5O3S/c1-32-21-12-8-18(9-13-21)26-16-23-28-29-25(30(23)20-6-4-3-5-7-20)34-17-24(31)27-19-10-14-22(33-2)15-11-19/h3-15,26H,16-17H2,1-2H3,(H,27,31). The molecule has 0 unspecified atom stereocenters. The van der Waals surface area contributed by atoms with Gasteiger partial charge in [0.1, 0.15) is 11.5 Å². The first-order valence-corrected chi connectivity index (χ1v) is 11.6. The van der Waals surface area contributed by atoms with Crippen LogP contribution in [0.4, 0.5) is 11.4 Å². The minimum Gasteiger partial charge on any atom is -0.497 e. The average molecular weight is 476 g/mol. The maximum absolute atomic E-state index is 12.5. The van der Waals surface area contributed by atoms with Crippen LogP contribution in [0, 0.1) is 0 Å². The highest BCUT2D eigenvalue weighted by molar-refractivity contribution is 7.99. The number of nitrogens with zero attached hydrogens (tertiary/aromatic N) is 3. The van der Waals surface area contributed by atoms with Crippen LogP contribution in [-0.4, -0.2) is 40.6 Å². The number of amides is 1. The Bertz CT molecular complexity index is 1210. The molecule has 9 heteroatoms. The number of rotatable bonds is 10. The maximum Gasteiger partial charge on any atom is 0.234 e. The summed E-state index contributed by atoms with van der Waals surface area (Å²) in [6.07, 6.45) is 0. The molecule has 0 aliphatic carbocycles. The largest absolute Gasteiger partial charge is 0.497 e. The number of methoxy groups -OCH3 is 2. The Labute approximate surface area is 202 Å². The number of hydrogen-bond donors (Lipinski definition) is 2. The van der Waals surface area contributed by atoms with Crippen molar-refractivity contribution in [1.82, 2.24) is 14.8 Å². The van der Waals surface area contributed by atoms with Gasteiger partial charge in [0.2, 0.25) is 5.91 Å². The van der Waals surface area contributed by atoms with E-state index in [1.54, 1.807) is 38.5 Å². The van der Waals surface area contributed by atoms with Crippen LogP contribution in [0.2, 0.25) is 0 Å². The highest BCUT2D eigenvalue weighted by atomic mass is 32.2. The predicted octanol–water partition coefficient (Wildman–Crippen LogP) is 4.63. The summed E-state index contributed by atoms with van der Waals surface area (Å²) >= 11 is 1.33. The van der Waals surface area contributed by atoms with Crippen molar-refractivity contribution in [2.24, 2.45) is 0 Å². The maximum atomic E-state index is 12.5. The van der Waals surface area contributed by atoms with E-state index in [-0.39, 0.29) is 11.7 Å². The minimum atomic E-state index is -0.129. The first kappa shape index (κ1) is 23.2. The fourth-order valence-corrected chi connectivity index (χ4v) is 4.01. The molecule has 0 aliphatic rings. The van der Waals surface area contributed by atoms with E-state index in [0.717, 1.165) is 28.7 Å². The number of benzene rings is 3. The summed E-state index contributed by atoms with van der Waals surface area (Å²) in [6.45, 7) is 0.465. The van der Waals surface area contributed by atoms with Gasteiger partial charge < -0.3 is 20.1 Å². The molecule has 3 aromatic carbocycles. The molecule has 0 fully saturated rings. The van der Waals surface area contributed by atoms with Gasteiger partial charge in [-0.05, 0) is 60.7 Å². The summed E-state index contributed by atoms with van der Waals surface area (Å²) in [5.74, 6) is 2.34. The fraction of sp³-hybridized carbons (Fsp3) is 0.160. The van der Waals surface area contributed by atoms with Crippen molar-refractivity contribution in [2.75, 3.05) is 30.6 Å². The third kappa shape index (κ3) is 5.87. The number of carbonyl (C=O) groups is 1. The van der Waals surface area contributed by atoms with E-state index in [1.807, 2.05) is 59.2 Å². The lowest BCUT2D eigenvalue weighted by atomic mass is 10.3.